The van der Waals surface area contributed by atoms with Gasteiger partial charge in [0.05, 0.1) is 0 Å². The molecule has 0 aromatic rings. The van der Waals surface area contributed by atoms with Gasteiger partial charge in [0.2, 0.25) is 0 Å². The van der Waals surface area contributed by atoms with Crippen LogP contribution in [0.4, 0.5) is 0 Å². The number of likely N-dealkylation sites (tertiary alicyclic amines) is 1. The Morgan fingerprint density at radius 3 is 2.17 bits per heavy atom. The molecule has 1 N–H and O–H groups in total. The van der Waals surface area contributed by atoms with E-state index < -0.39 is 0 Å². The zero-order valence-corrected chi connectivity index (χ0v) is 12.2. The van der Waals surface area contributed by atoms with Gasteiger partial charge in [0.25, 0.3) is 0 Å². The minimum absolute atomic E-state index is 0.716. The minimum atomic E-state index is 0.716. The zero-order valence-electron chi connectivity index (χ0n) is 11.3. The van der Waals surface area contributed by atoms with Crippen molar-refractivity contribution in [3.05, 3.63) is 0 Å². The zero-order chi connectivity index (χ0) is 12.2. The number of nitrogens with zero attached hydrogens (tertiary/aromatic N) is 1. The third-order valence-electron chi connectivity index (χ3n) is 6.34. The molecule has 0 radical (unpaired) electrons. The molecule has 2 saturated heterocycles. The molecule has 0 amide bonds. The van der Waals surface area contributed by atoms with Crippen molar-refractivity contribution in [3.63, 3.8) is 0 Å². The monoisotopic (exact) mass is 266 g/mol. The summed E-state index contributed by atoms with van der Waals surface area (Å²) in [6.45, 7) is 5.33. The van der Waals surface area contributed by atoms with Gasteiger partial charge in [-0.1, -0.05) is 0 Å². The van der Waals surface area contributed by atoms with Crippen LogP contribution < -0.4 is 5.32 Å². The van der Waals surface area contributed by atoms with Gasteiger partial charge in [0.15, 0.2) is 0 Å². The molecular weight excluding hydrogens is 240 g/mol. The summed E-state index contributed by atoms with van der Waals surface area (Å²) in [4.78, 5) is 2.83. The predicted octanol–water partition coefficient (Wildman–Crippen LogP) is 2.16. The normalized spacial score (nSPS) is 44.2. The lowest BCUT2D eigenvalue weighted by Crippen LogP contribution is -2.50. The van der Waals surface area contributed by atoms with E-state index in [-0.39, 0.29) is 0 Å². The van der Waals surface area contributed by atoms with Gasteiger partial charge in [-0.2, -0.15) is 12.6 Å². The van der Waals surface area contributed by atoms with Crippen LogP contribution in [0.5, 0.6) is 0 Å². The van der Waals surface area contributed by atoms with Gasteiger partial charge in [-0.15, -0.1) is 0 Å². The average molecular weight is 266 g/mol. The van der Waals surface area contributed by atoms with Crippen molar-refractivity contribution >= 4 is 12.6 Å². The van der Waals surface area contributed by atoms with Crippen LogP contribution in [0, 0.1) is 17.3 Å². The molecule has 2 nitrogen and oxygen atoms in total. The Morgan fingerprint density at radius 2 is 1.61 bits per heavy atom. The van der Waals surface area contributed by atoms with E-state index >= 15 is 0 Å². The molecule has 1 spiro atoms. The van der Waals surface area contributed by atoms with Gasteiger partial charge in [-0.25, -0.2) is 0 Å². The molecule has 0 bridgehead atoms. The fraction of sp³-hybridized carbons (Fsp3) is 1.00. The number of hydrogen-bond acceptors (Lipinski definition) is 3. The van der Waals surface area contributed by atoms with Crippen LogP contribution in [0.15, 0.2) is 0 Å². The number of thiol groups is 1. The van der Waals surface area contributed by atoms with E-state index in [0.717, 1.165) is 23.3 Å². The molecule has 18 heavy (non-hydrogen) atoms. The summed E-state index contributed by atoms with van der Waals surface area (Å²) in [6, 6.07) is 0.923. The van der Waals surface area contributed by atoms with Crippen molar-refractivity contribution in [2.75, 3.05) is 26.2 Å². The van der Waals surface area contributed by atoms with E-state index in [4.69, 9.17) is 0 Å². The number of nitrogens with one attached hydrogen (secondary N) is 1. The molecule has 2 heterocycles. The summed E-state index contributed by atoms with van der Waals surface area (Å²) >= 11 is 4.60. The highest BCUT2D eigenvalue weighted by Gasteiger charge is 2.46. The van der Waals surface area contributed by atoms with Gasteiger partial charge in [0.1, 0.15) is 0 Å². The molecule has 2 saturated carbocycles. The Labute approximate surface area is 116 Å². The van der Waals surface area contributed by atoms with Crippen molar-refractivity contribution in [1.82, 2.24) is 10.2 Å². The molecule has 0 aromatic carbocycles. The number of fused-ring (bicyclic) bond motifs is 1. The van der Waals surface area contributed by atoms with Crippen LogP contribution in [0.25, 0.3) is 0 Å². The summed E-state index contributed by atoms with van der Waals surface area (Å²) in [5, 5.41) is 4.27. The molecule has 2 atom stereocenters. The molecule has 4 fully saturated rings. The summed E-state index contributed by atoms with van der Waals surface area (Å²) in [7, 11) is 0. The lowest BCUT2D eigenvalue weighted by molar-refractivity contribution is 0.0206. The Morgan fingerprint density at radius 1 is 1.00 bits per heavy atom. The second-order valence-electron chi connectivity index (χ2n) is 7.40. The Hall–Kier alpha value is 0.270. The molecule has 102 valence electrons. The second kappa shape index (κ2) is 4.39. The van der Waals surface area contributed by atoms with Crippen LogP contribution in [-0.2, 0) is 0 Å². The van der Waals surface area contributed by atoms with E-state index in [9.17, 15) is 0 Å². The van der Waals surface area contributed by atoms with E-state index in [1.54, 1.807) is 0 Å². The highest BCUT2D eigenvalue weighted by Crippen LogP contribution is 2.52. The maximum Gasteiger partial charge on any atom is 0.0102 e. The van der Waals surface area contributed by atoms with Crippen LogP contribution in [0.3, 0.4) is 0 Å². The van der Waals surface area contributed by atoms with Crippen LogP contribution in [0.2, 0.25) is 0 Å². The van der Waals surface area contributed by atoms with Crippen LogP contribution >= 0.6 is 12.6 Å². The summed E-state index contributed by atoms with van der Waals surface area (Å²) in [6.07, 6.45) is 8.63. The molecule has 0 aromatic heterocycles. The lowest BCUT2D eigenvalue weighted by Gasteiger charge is -2.52. The topological polar surface area (TPSA) is 15.3 Å². The second-order valence-corrected chi connectivity index (χ2v) is 8.13. The van der Waals surface area contributed by atoms with Gasteiger partial charge in [-0.05, 0) is 82.0 Å². The highest BCUT2D eigenvalue weighted by atomic mass is 32.1. The third-order valence-corrected chi connectivity index (χ3v) is 6.71. The molecule has 2 aliphatic carbocycles. The van der Waals surface area contributed by atoms with Gasteiger partial charge >= 0.3 is 0 Å². The first-order valence-corrected chi connectivity index (χ1v) is 8.39. The molecule has 2 unspecified atom stereocenters. The van der Waals surface area contributed by atoms with Crippen molar-refractivity contribution in [2.45, 2.75) is 49.8 Å². The SMILES string of the molecule is SC1CC2(CCN(C3CC4CNCC4C3)CC2)C1. The lowest BCUT2D eigenvalue weighted by atomic mass is 9.62. The number of hydrogen-bond donors (Lipinski definition) is 2. The minimum Gasteiger partial charge on any atom is -0.316 e. The fourth-order valence-electron chi connectivity index (χ4n) is 5.14. The van der Waals surface area contributed by atoms with Gasteiger partial charge < -0.3 is 10.2 Å². The Balaban J connectivity index is 1.32. The first-order chi connectivity index (χ1) is 8.74. The van der Waals surface area contributed by atoms with E-state index in [1.807, 2.05) is 0 Å². The Kier molecular flexibility index (Phi) is 2.94. The summed E-state index contributed by atoms with van der Waals surface area (Å²) in [5.74, 6) is 1.99. The number of rotatable bonds is 1. The van der Waals surface area contributed by atoms with Gasteiger partial charge in [-0.3, -0.25) is 0 Å². The van der Waals surface area contributed by atoms with Gasteiger partial charge in [0, 0.05) is 11.3 Å². The summed E-state index contributed by atoms with van der Waals surface area (Å²) in [5.41, 5.74) is 0.721. The molecule has 3 heteroatoms. The molecule has 4 rings (SSSR count). The maximum atomic E-state index is 4.60. The smallest absolute Gasteiger partial charge is 0.0102 e. The molecular formula is C15H26N2S. The van der Waals surface area contributed by atoms with E-state index in [1.165, 1.54) is 64.7 Å². The third kappa shape index (κ3) is 1.94. The fourth-order valence-corrected chi connectivity index (χ4v) is 5.92. The number of piperidine rings is 1. The summed E-state index contributed by atoms with van der Waals surface area (Å²) < 4.78 is 0. The van der Waals surface area contributed by atoms with E-state index in [0.29, 0.717) is 5.25 Å². The van der Waals surface area contributed by atoms with Crippen molar-refractivity contribution in [1.29, 1.82) is 0 Å². The first-order valence-electron chi connectivity index (χ1n) is 7.87. The maximum absolute atomic E-state index is 4.60. The standard InChI is InChI=1S/C15H26N2S/c18-14-7-15(8-14)1-3-17(4-2-15)13-5-11-9-16-10-12(11)6-13/h11-14,16,18H,1-10H2. The molecule has 2 aliphatic heterocycles. The average Bonchev–Trinajstić information content (AvgIpc) is 2.88. The predicted molar refractivity (Wildman–Crippen MR) is 78.1 cm³/mol. The van der Waals surface area contributed by atoms with Crippen LogP contribution in [-0.4, -0.2) is 42.4 Å². The first kappa shape index (κ1) is 12.0. The van der Waals surface area contributed by atoms with E-state index in [2.05, 4.69) is 22.8 Å². The largest absolute Gasteiger partial charge is 0.316 e. The van der Waals surface area contributed by atoms with Crippen molar-refractivity contribution in [2.24, 2.45) is 17.3 Å². The van der Waals surface area contributed by atoms with Crippen molar-refractivity contribution in [3.8, 4) is 0 Å². The van der Waals surface area contributed by atoms with Crippen LogP contribution in [0.1, 0.15) is 38.5 Å². The Bertz CT molecular complexity index is 304. The van der Waals surface area contributed by atoms with Crippen molar-refractivity contribution < 1.29 is 0 Å². The molecule has 4 aliphatic rings. The highest BCUT2D eigenvalue weighted by molar-refractivity contribution is 7.81. The quantitative estimate of drug-likeness (QED) is 0.707.